The molecule has 19 heavy (non-hydrogen) atoms. The lowest BCUT2D eigenvalue weighted by molar-refractivity contribution is 0.0765. The van der Waals surface area contributed by atoms with E-state index in [4.69, 9.17) is 0 Å². The van der Waals surface area contributed by atoms with Crippen LogP contribution in [0.3, 0.4) is 0 Å². The summed E-state index contributed by atoms with van der Waals surface area (Å²) in [7, 11) is 2.34. The molecule has 0 heterocycles. The molecule has 1 aliphatic rings. The SMILES string of the molecule is CCNCC1(CN(C)C(CC)CC)CCC(C)CC1. The van der Waals surface area contributed by atoms with Crippen LogP contribution in [-0.4, -0.2) is 37.6 Å². The van der Waals surface area contributed by atoms with E-state index in [1.807, 2.05) is 0 Å². The average Bonchev–Trinajstić information content (AvgIpc) is 2.41. The molecule has 0 radical (unpaired) electrons. The van der Waals surface area contributed by atoms with E-state index in [1.54, 1.807) is 0 Å². The second-order valence-electron chi connectivity index (χ2n) is 6.85. The van der Waals surface area contributed by atoms with Gasteiger partial charge in [0.05, 0.1) is 0 Å². The van der Waals surface area contributed by atoms with E-state index in [9.17, 15) is 0 Å². The number of nitrogens with one attached hydrogen (secondary N) is 1. The molecular weight excluding hydrogens is 232 g/mol. The van der Waals surface area contributed by atoms with Gasteiger partial charge in [0.25, 0.3) is 0 Å². The highest BCUT2D eigenvalue weighted by Gasteiger charge is 2.35. The lowest BCUT2D eigenvalue weighted by atomic mass is 9.70. The summed E-state index contributed by atoms with van der Waals surface area (Å²) in [6.45, 7) is 12.9. The Balaban J connectivity index is 2.63. The molecule has 0 saturated heterocycles. The molecule has 0 aromatic carbocycles. The Morgan fingerprint density at radius 3 is 2.21 bits per heavy atom. The van der Waals surface area contributed by atoms with Crippen molar-refractivity contribution in [2.45, 2.75) is 72.3 Å². The molecule has 1 aliphatic carbocycles. The minimum absolute atomic E-state index is 0.528. The van der Waals surface area contributed by atoms with Crippen molar-refractivity contribution in [1.82, 2.24) is 10.2 Å². The molecule has 2 nitrogen and oxygen atoms in total. The van der Waals surface area contributed by atoms with Crippen LogP contribution >= 0.6 is 0 Å². The van der Waals surface area contributed by atoms with Crippen molar-refractivity contribution >= 4 is 0 Å². The zero-order chi connectivity index (χ0) is 14.3. The number of rotatable bonds is 8. The first-order chi connectivity index (χ1) is 9.06. The van der Waals surface area contributed by atoms with Gasteiger partial charge in [-0.2, -0.15) is 0 Å². The number of nitrogens with zero attached hydrogens (tertiary/aromatic N) is 1. The van der Waals surface area contributed by atoms with Crippen molar-refractivity contribution in [1.29, 1.82) is 0 Å². The van der Waals surface area contributed by atoms with Crippen molar-refractivity contribution in [2.24, 2.45) is 11.3 Å². The van der Waals surface area contributed by atoms with Gasteiger partial charge in [0, 0.05) is 19.1 Å². The molecule has 0 amide bonds. The Bertz CT molecular complexity index is 222. The summed E-state index contributed by atoms with van der Waals surface area (Å²) in [6, 6.07) is 0.762. The van der Waals surface area contributed by atoms with Gasteiger partial charge in [-0.15, -0.1) is 0 Å². The summed E-state index contributed by atoms with van der Waals surface area (Å²) in [6.07, 6.45) is 8.21. The summed E-state index contributed by atoms with van der Waals surface area (Å²) in [4.78, 5) is 2.63. The van der Waals surface area contributed by atoms with Crippen molar-refractivity contribution in [3.8, 4) is 0 Å². The van der Waals surface area contributed by atoms with Gasteiger partial charge in [-0.05, 0) is 50.6 Å². The molecule has 0 aliphatic heterocycles. The normalized spacial score (nSPS) is 28.3. The van der Waals surface area contributed by atoms with E-state index < -0.39 is 0 Å². The van der Waals surface area contributed by atoms with Crippen LogP contribution in [0.2, 0.25) is 0 Å². The van der Waals surface area contributed by atoms with E-state index in [0.29, 0.717) is 5.41 Å². The largest absolute Gasteiger partial charge is 0.316 e. The standard InChI is InChI=1S/C17H36N2/c1-6-16(7-2)19(5)14-17(13-18-8-3)11-9-15(4)10-12-17/h15-16,18H,6-14H2,1-5H3. The van der Waals surface area contributed by atoms with Gasteiger partial charge in [0.15, 0.2) is 0 Å². The van der Waals surface area contributed by atoms with Crippen molar-refractivity contribution in [2.75, 3.05) is 26.7 Å². The maximum Gasteiger partial charge on any atom is 0.00872 e. The minimum atomic E-state index is 0.528. The van der Waals surface area contributed by atoms with Crippen molar-refractivity contribution < 1.29 is 0 Å². The maximum atomic E-state index is 3.63. The summed E-state index contributed by atoms with van der Waals surface area (Å²) >= 11 is 0. The molecule has 0 aromatic rings. The van der Waals surface area contributed by atoms with Crippen LogP contribution in [0, 0.1) is 11.3 Å². The highest BCUT2D eigenvalue weighted by atomic mass is 15.1. The Kier molecular flexibility index (Phi) is 7.38. The van der Waals surface area contributed by atoms with E-state index in [0.717, 1.165) is 18.5 Å². The Morgan fingerprint density at radius 1 is 1.16 bits per heavy atom. The molecule has 0 aromatic heterocycles. The lowest BCUT2D eigenvalue weighted by Gasteiger charge is -2.44. The quantitative estimate of drug-likeness (QED) is 0.718. The van der Waals surface area contributed by atoms with E-state index in [2.05, 4.69) is 45.0 Å². The van der Waals surface area contributed by atoms with Gasteiger partial charge >= 0.3 is 0 Å². The van der Waals surface area contributed by atoms with E-state index >= 15 is 0 Å². The van der Waals surface area contributed by atoms with Gasteiger partial charge in [-0.25, -0.2) is 0 Å². The third kappa shape index (κ3) is 5.07. The minimum Gasteiger partial charge on any atom is -0.316 e. The third-order valence-corrected chi connectivity index (χ3v) is 5.24. The first kappa shape index (κ1) is 17.0. The predicted molar refractivity (Wildman–Crippen MR) is 85.6 cm³/mol. The molecule has 0 atom stereocenters. The molecule has 1 N–H and O–H groups in total. The maximum absolute atomic E-state index is 3.63. The van der Waals surface area contributed by atoms with Crippen LogP contribution in [-0.2, 0) is 0 Å². The Hall–Kier alpha value is -0.0800. The van der Waals surface area contributed by atoms with Crippen LogP contribution in [0.5, 0.6) is 0 Å². The van der Waals surface area contributed by atoms with E-state index in [1.165, 1.54) is 51.6 Å². The van der Waals surface area contributed by atoms with Crippen molar-refractivity contribution in [3.63, 3.8) is 0 Å². The highest BCUT2D eigenvalue weighted by molar-refractivity contribution is 4.89. The molecule has 1 saturated carbocycles. The van der Waals surface area contributed by atoms with Crippen LogP contribution < -0.4 is 5.32 Å². The number of hydrogen-bond acceptors (Lipinski definition) is 2. The molecule has 1 rings (SSSR count). The van der Waals surface area contributed by atoms with Gasteiger partial charge < -0.3 is 10.2 Å². The fourth-order valence-electron chi connectivity index (χ4n) is 3.73. The topological polar surface area (TPSA) is 15.3 Å². The second-order valence-corrected chi connectivity index (χ2v) is 6.85. The molecule has 0 spiro atoms. The molecule has 0 bridgehead atoms. The Labute approximate surface area is 121 Å². The van der Waals surface area contributed by atoms with Gasteiger partial charge in [-0.1, -0.05) is 40.5 Å². The molecule has 1 fully saturated rings. The molecule has 114 valence electrons. The van der Waals surface area contributed by atoms with Crippen LogP contribution in [0.4, 0.5) is 0 Å². The number of hydrogen-bond donors (Lipinski definition) is 1. The van der Waals surface area contributed by atoms with Gasteiger partial charge in [0.1, 0.15) is 0 Å². The summed E-state index contributed by atoms with van der Waals surface area (Å²) in [5, 5.41) is 3.63. The summed E-state index contributed by atoms with van der Waals surface area (Å²) in [5.41, 5.74) is 0.528. The second kappa shape index (κ2) is 8.26. The smallest absolute Gasteiger partial charge is 0.00872 e. The zero-order valence-electron chi connectivity index (χ0n) is 14.0. The lowest BCUT2D eigenvalue weighted by Crippen LogP contribution is -2.47. The van der Waals surface area contributed by atoms with Gasteiger partial charge in [0.2, 0.25) is 0 Å². The zero-order valence-corrected chi connectivity index (χ0v) is 14.0. The average molecular weight is 268 g/mol. The fraction of sp³-hybridized carbons (Fsp3) is 1.00. The summed E-state index contributed by atoms with van der Waals surface area (Å²) < 4.78 is 0. The van der Waals surface area contributed by atoms with Crippen LogP contribution in [0.25, 0.3) is 0 Å². The summed E-state index contributed by atoms with van der Waals surface area (Å²) in [5.74, 6) is 0.938. The fourth-order valence-corrected chi connectivity index (χ4v) is 3.73. The van der Waals surface area contributed by atoms with Gasteiger partial charge in [-0.3, -0.25) is 0 Å². The first-order valence-electron chi connectivity index (χ1n) is 8.47. The third-order valence-electron chi connectivity index (χ3n) is 5.24. The predicted octanol–water partition coefficient (Wildman–Crippen LogP) is 3.91. The molecule has 2 heteroatoms. The van der Waals surface area contributed by atoms with E-state index in [-0.39, 0.29) is 0 Å². The van der Waals surface area contributed by atoms with Crippen LogP contribution in [0.15, 0.2) is 0 Å². The monoisotopic (exact) mass is 268 g/mol. The Morgan fingerprint density at radius 2 is 1.74 bits per heavy atom. The highest BCUT2D eigenvalue weighted by Crippen LogP contribution is 2.39. The first-order valence-corrected chi connectivity index (χ1v) is 8.47. The molecular formula is C17H36N2. The van der Waals surface area contributed by atoms with Crippen LogP contribution in [0.1, 0.15) is 66.2 Å². The van der Waals surface area contributed by atoms with Crippen molar-refractivity contribution in [3.05, 3.63) is 0 Å². The molecule has 0 unspecified atom stereocenters.